The molecule has 0 aromatic heterocycles. The minimum atomic E-state index is -3.60. The Balaban J connectivity index is 1.90. The van der Waals surface area contributed by atoms with E-state index in [9.17, 15) is 13.2 Å². The van der Waals surface area contributed by atoms with E-state index in [4.69, 9.17) is 4.74 Å². The van der Waals surface area contributed by atoms with Crippen LogP contribution in [0.1, 0.15) is 36.2 Å². The third-order valence-corrected chi connectivity index (χ3v) is 7.00. The van der Waals surface area contributed by atoms with Crippen LogP contribution in [-0.2, 0) is 14.8 Å². The zero-order chi connectivity index (χ0) is 19.6. The smallest absolute Gasteiger partial charge is 0.254 e. The number of fused-ring (bicyclic) bond motifs is 1. The molecule has 0 spiro atoms. The minimum absolute atomic E-state index is 0.00776. The van der Waals surface area contributed by atoms with Crippen LogP contribution in [0.2, 0.25) is 0 Å². The third-order valence-electron chi connectivity index (χ3n) is 5.46. The summed E-state index contributed by atoms with van der Waals surface area (Å²) in [5.41, 5.74) is 1.23. The molecular formula is C19H29N3O4S. The van der Waals surface area contributed by atoms with E-state index in [1.54, 1.807) is 19.1 Å². The molecule has 2 heterocycles. The molecule has 2 atom stereocenters. The first-order chi connectivity index (χ1) is 12.9. The molecule has 1 N–H and O–H groups in total. The number of carbonyl (C=O) groups excluding carboxylic acids is 1. The van der Waals surface area contributed by atoms with Crippen molar-refractivity contribution in [2.75, 3.05) is 39.3 Å². The normalized spacial score (nSPS) is 23.9. The lowest BCUT2D eigenvalue weighted by Gasteiger charge is -2.47. The predicted octanol–water partition coefficient (Wildman–Crippen LogP) is 1.23. The molecule has 3 rings (SSSR count). The molecular weight excluding hydrogens is 366 g/mol. The zero-order valence-electron chi connectivity index (χ0n) is 16.3. The van der Waals surface area contributed by atoms with Gasteiger partial charge in [-0.2, -0.15) is 0 Å². The Kier molecular flexibility index (Phi) is 6.20. The summed E-state index contributed by atoms with van der Waals surface area (Å²) in [5.74, 6) is -0.114. The lowest BCUT2D eigenvalue weighted by molar-refractivity contribution is -0.0896. The van der Waals surface area contributed by atoms with E-state index in [1.807, 2.05) is 11.8 Å². The highest BCUT2D eigenvalue weighted by molar-refractivity contribution is 7.89. The standard InChI is InChI=1S/C19H29N3O4S/c1-4-20-27(24,25)15-7-6-14(3)16(12-15)19(23)22-10-11-26-18-8-9-21(5-2)13-17(18)22/h6-7,12,17-18,20H,4-5,8-11,13H2,1-3H3/t17-,18+/m0/s1. The molecule has 0 unspecified atom stereocenters. The molecule has 2 fully saturated rings. The summed E-state index contributed by atoms with van der Waals surface area (Å²) in [6.45, 7) is 9.77. The van der Waals surface area contributed by atoms with Gasteiger partial charge in [0.05, 0.1) is 23.6 Å². The summed E-state index contributed by atoms with van der Waals surface area (Å²) >= 11 is 0. The molecule has 0 bridgehead atoms. The van der Waals surface area contributed by atoms with Gasteiger partial charge in [0.15, 0.2) is 0 Å². The topological polar surface area (TPSA) is 79.0 Å². The Morgan fingerprint density at radius 3 is 2.78 bits per heavy atom. The molecule has 1 aromatic rings. The minimum Gasteiger partial charge on any atom is -0.374 e. The van der Waals surface area contributed by atoms with Crippen molar-refractivity contribution in [3.05, 3.63) is 29.3 Å². The fourth-order valence-electron chi connectivity index (χ4n) is 3.90. The average molecular weight is 396 g/mol. The van der Waals surface area contributed by atoms with Gasteiger partial charge in [-0.1, -0.05) is 19.9 Å². The van der Waals surface area contributed by atoms with E-state index >= 15 is 0 Å². The Labute approximate surface area is 161 Å². The number of piperidine rings is 1. The van der Waals surface area contributed by atoms with Crippen molar-refractivity contribution in [1.29, 1.82) is 0 Å². The van der Waals surface area contributed by atoms with Crippen molar-refractivity contribution in [2.24, 2.45) is 0 Å². The number of benzene rings is 1. The van der Waals surface area contributed by atoms with Gasteiger partial charge >= 0.3 is 0 Å². The predicted molar refractivity (Wildman–Crippen MR) is 103 cm³/mol. The number of likely N-dealkylation sites (N-methyl/N-ethyl adjacent to an activating group) is 1. The van der Waals surface area contributed by atoms with Crippen LogP contribution >= 0.6 is 0 Å². The molecule has 0 aliphatic carbocycles. The summed E-state index contributed by atoms with van der Waals surface area (Å²) < 4.78 is 33.1. The summed E-state index contributed by atoms with van der Waals surface area (Å²) in [5, 5.41) is 0. The van der Waals surface area contributed by atoms with Gasteiger partial charge in [0.1, 0.15) is 0 Å². The van der Waals surface area contributed by atoms with Gasteiger partial charge < -0.3 is 14.5 Å². The lowest BCUT2D eigenvalue weighted by atomic mass is 9.97. The number of morpholine rings is 1. The van der Waals surface area contributed by atoms with Gasteiger partial charge in [-0.05, 0) is 37.6 Å². The number of nitrogens with one attached hydrogen (secondary N) is 1. The quantitative estimate of drug-likeness (QED) is 0.811. The summed E-state index contributed by atoms with van der Waals surface area (Å²) in [6.07, 6.45) is 0.968. The highest BCUT2D eigenvalue weighted by atomic mass is 32.2. The van der Waals surface area contributed by atoms with E-state index in [2.05, 4.69) is 16.5 Å². The van der Waals surface area contributed by atoms with Crippen molar-refractivity contribution >= 4 is 15.9 Å². The molecule has 2 aliphatic heterocycles. The lowest BCUT2D eigenvalue weighted by Crippen LogP contribution is -2.61. The number of likely N-dealkylation sites (tertiary alicyclic amines) is 1. The number of carbonyl (C=O) groups is 1. The SMILES string of the molecule is CCNS(=O)(=O)c1ccc(C)c(C(=O)N2CCO[C@@H]3CCN(CC)C[C@@H]32)c1. The van der Waals surface area contributed by atoms with Gasteiger partial charge in [-0.25, -0.2) is 13.1 Å². The first-order valence-corrected chi connectivity index (χ1v) is 11.1. The number of aryl methyl sites for hydroxylation is 1. The average Bonchev–Trinajstić information content (AvgIpc) is 2.66. The van der Waals surface area contributed by atoms with Crippen LogP contribution in [0.15, 0.2) is 23.1 Å². The second-order valence-corrected chi connectivity index (χ2v) is 8.90. The van der Waals surface area contributed by atoms with Gasteiger partial charge in [-0.3, -0.25) is 4.79 Å². The number of hydrogen-bond acceptors (Lipinski definition) is 5. The zero-order valence-corrected chi connectivity index (χ0v) is 17.1. The monoisotopic (exact) mass is 395 g/mol. The van der Waals surface area contributed by atoms with Crippen LogP contribution in [0.5, 0.6) is 0 Å². The number of rotatable bonds is 5. The van der Waals surface area contributed by atoms with Gasteiger partial charge in [0.25, 0.3) is 5.91 Å². The molecule has 1 aromatic carbocycles. The fourth-order valence-corrected chi connectivity index (χ4v) is 4.97. The Morgan fingerprint density at radius 1 is 1.30 bits per heavy atom. The molecule has 0 radical (unpaired) electrons. The molecule has 150 valence electrons. The summed E-state index contributed by atoms with van der Waals surface area (Å²) in [4.78, 5) is 17.7. The van der Waals surface area contributed by atoms with Crippen LogP contribution in [0.25, 0.3) is 0 Å². The molecule has 0 saturated carbocycles. The maximum atomic E-state index is 13.3. The number of hydrogen-bond donors (Lipinski definition) is 1. The Bertz CT molecular complexity index is 796. The van der Waals surface area contributed by atoms with Gasteiger partial charge in [0, 0.05) is 31.7 Å². The largest absolute Gasteiger partial charge is 0.374 e. The number of sulfonamides is 1. The second-order valence-electron chi connectivity index (χ2n) is 7.14. The first kappa shape index (κ1) is 20.3. The Morgan fingerprint density at radius 2 is 2.07 bits per heavy atom. The third kappa shape index (κ3) is 4.18. The molecule has 1 amide bonds. The van der Waals surface area contributed by atoms with Gasteiger partial charge in [-0.15, -0.1) is 0 Å². The second kappa shape index (κ2) is 8.26. The van der Waals surface area contributed by atoms with Crippen molar-refractivity contribution < 1.29 is 17.9 Å². The van der Waals surface area contributed by atoms with Crippen molar-refractivity contribution in [1.82, 2.24) is 14.5 Å². The van der Waals surface area contributed by atoms with Crippen molar-refractivity contribution in [2.45, 2.75) is 44.2 Å². The maximum Gasteiger partial charge on any atom is 0.254 e. The molecule has 27 heavy (non-hydrogen) atoms. The molecule has 7 nitrogen and oxygen atoms in total. The first-order valence-electron chi connectivity index (χ1n) is 9.62. The Hall–Kier alpha value is -1.48. The van der Waals surface area contributed by atoms with Crippen LogP contribution in [0, 0.1) is 6.92 Å². The highest BCUT2D eigenvalue weighted by Crippen LogP contribution is 2.26. The van der Waals surface area contributed by atoms with Gasteiger partial charge in [0.2, 0.25) is 10.0 Å². The number of amides is 1. The van der Waals surface area contributed by atoms with E-state index < -0.39 is 10.0 Å². The van der Waals surface area contributed by atoms with Crippen LogP contribution < -0.4 is 4.72 Å². The number of ether oxygens (including phenoxy) is 1. The number of nitrogens with zero attached hydrogens (tertiary/aromatic N) is 2. The van der Waals surface area contributed by atoms with E-state index in [0.717, 1.165) is 31.6 Å². The van der Waals surface area contributed by atoms with E-state index in [-0.39, 0.29) is 22.9 Å². The van der Waals surface area contributed by atoms with E-state index in [1.165, 1.54) is 6.07 Å². The summed E-state index contributed by atoms with van der Waals surface area (Å²) in [7, 11) is -3.60. The van der Waals surface area contributed by atoms with Crippen LogP contribution in [0.3, 0.4) is 0 Å². The maximum absolute atomic E-state index is 13.3. The summed E-state index contributed by atoms with van der Waals surface area (Å²) in [6, 6.07) is 4.76. The molecule has 2 aliphatic rings. The van der Waals surface area contributed by atoms with Crippen molar-refractivity contribution in [3.63, 3.8) is 0 Å². The van der Waals surface area contributed by atoms with Crippen LogP contribution in [-0.4, -0.2) is 75.6 Å². The molecule has 2 saturated heterocycles. The molecule has 8 heteroatoms. The van der Waals surface area contributed by atoms with Crippen LogP contribution in [0.4, 0.5) is 0 Å². The fraction of sp³-hybridized carbons (Fsp3) is 0.632. The highest BCUT2D eigenvalue weighted by Gasteiger charge is 2.39. The van der Waals surface area contributed by atoms with E-state index in [0.29, 0.717) is 25.3 Å². The van der Waals surface area contributed by atoms with Crippen molar-refractivity contribution in [3.8, 4) is 0 Å².